The van der Waals surface area contributed by atoms with Gasteiger partial charge >= 0.3 is 0 Å². The van der Waals surface area contributed by atoms with Crippen LogP contribution in [0.4, 0.5) is 0 Å². The van der Waals surface area contributed by atoms with Crippen LogP contribution in [0, 0.1) is 0 Å². The number of para-hydroxylation sites is 8. The Bertz CT molecular complexity index is 8970. The molecule has 9 nitrogen and oxygen atoms in total. The van der Waals surface area contributed by atoms with Gasteiger partial charge < -0.3 is 13.7 Å². The summed E-state index contributed by atoms with van der Waals surface area (Å²) in [6.45, 7) is 0. The summed E-state index contributed by atoms with van der Waals surface area (Å²) >= 11 is 0. The molecule has 0 saturated heterocycles. The van der Waals surface area contributed by atoms with Crippen LogP contribution in [-0.2, 0) is 0 Å². The van der Waals surface area contributed by atoms with Crippen LogP contribution in [-0.4, -0.2) is 43.6 Å². The number of fused-ring (bicyclic) bond motifs is 27. The van der Waals surface area contributed by atoms with Crippen LogP contribution in [0.5, 0.6) is 0 Å². The predicted molar refractivity (Wildman–Crippen MR) is 539 cm³/mol. The van der Waals surface area contributed by atoms with Crippen LogP contribution >= 0.6 is 0 Å². The number of benzene rings is 21. The molecule has 0 aliphatic heterocycles. The Kier molecular flexibility index (Phi) is 17.7. The van der Waals surface area contributed by atoms with E-state index in [2.05, 4.69) is 442 Å². The van der Waals surface area contributed by atoms with Gasteiger partial charge in [0.1, 0.15) is 0 Å². The SMILES string of the molecule is c1cc(-c2cccc(-n3c4ccccc4c4ccccc43)c2)cc(-c2ccc3c(c2)c2ccccc2c2nccnc32)c1.c1ccc(-c2ccccc2-n2c3ccccc3c3ccccc32)c(-c2ccc3c(c2)c2ccccc2c2nccnc32)c1.c1ccc(-n2c3ccccc3c3ccccc32)c(-c2ccc(-c3ccc4c(c3)c3ccccc3c3nccnc43)cc2)c1. The van der Waals surface area contributed by atoms with Crippen molar-refractivity contribution in [2.45, 2.75) is 0 Å². The lowest BCUT2D eigenvalue weighted by molar-refractivity contribution is 1.18. The molecule has 27 rings (SSSR count). The molecule has 27 aromatic rings. The molecule has 0 amide bonds. The van der Waals surface area contributed by atoms with Gasteiger partial charge in [0.2, 0.25) is 0 Å². The number of rotatable bonds is 9. The van der Waals surface area contributed by atoms with E-state index >= 15 is 0 Å². The maximum Gasteiger partial charge on any atom is 0.0971 e. The highest BCUT2D eigenvalue weighted by Gasteiger charge is 2.23. The lowest BCUT2D eigenvalue weighted by Gasteiger charge is -2.17. The Labute approximate surface area is 741 Å². The van der Waals surface area contributed by atoms with Crippen LogP contribution in [0.3, 0.4) is 0 Å². The van der Waals surface area contributed by atoms with Gasteiger partial charge in [-0.1, -0.05) is 334 Å². The first-order valence-corrected chi connectivity index (χ1v) is 43.8. The van der Waals surface area contributed by atoms with Crippen molar-refractivity contribution in [2.75, 3.05) is 0 Å². The summed E-state index contributed by atoms with van der Waals surface area (Å²) in [4.78, 5) is 28.2. The fourth-order valence-electron chi connectivity index (χ4n) is 20.3. The van der Waals surface area contributed by atoms with Crippen molar-refractivity contribution in [3.05, 3.63) is 456 Å². The molecule has 0 spiro atoms. The zero-order chi connectivity index (χ0) is 85.0. The van der Waals surface area contributed by atoms with Gasteiger partial charge in [-0.05, 0) is 173 Å². The third kappa shape index (κ3) is 12.4. The molecule has 0 N–H and O–H groups in total. The molecule has 600 valence electrons. The number of aromatic nitrogens is 9. The van der Waals surface area contributed by atoms with E-state index in [1.54, 1.807) is 37.2 Å². The number of hydrogen-bond acceptors (Lipinski definition) is 6. The summed E-state index contributed by atoms with van der Waals surface area (Å²) in [5, 5.41) is 21.5. The molecular weight excluding hydrogens is 1570 g/mol. The first-order valence-electron chi connectivity index (χ1n) is 43.8. The van der Waals surface area contributed by atoms with Crippen molar-refractivity contribution in [2.24, 2.45) is 0 Å². The molecule has 21 aromatic carbocycles. The molecule has 0 aliphatic rings. The molecule has 0 bridgehead atoms. The number of hydrogen-bond donors (Lipinski definition) is 0. The predicted octanol–water partition coefficient (Wildman–Crippen LogP) is 31.1. The average Bonchev–Trinajstić information content (AvgIpc) is 1.19. The van der Waals surface area contributed by atoms with E-state index in [9.17, 15) is 0 Å². The van der Waals surface area contributed by atoms with E-state index < -0.39 is 0 Å². The second-order valence-electron chi connectivity index (χ2n) is 33.1. The molecule has 0 radical (unpaired) electrons. The Morgan fingerprint density at radius 2 is 0.388 bits per heavy atom. The summed E-state index contributed by atoms with van der Waals surface area (Å²) in [7, 11) is 0. The zero-order valence-corrected chi connectivity index (χ0v) is 69.8. The summed E-state index contributed by atoms with van der Waals surface area (Å²) in [6, 6.07) is 151. The van der Waals surface area contributed by atoms with Crippen LogP contribution in [0.1, 0.15) is 0 Å². The third-order valence-electron chi connectivity index (χ3n) is 26.1. The molecule has 0 unspecified atom stereocenters. The number of nitrogens with zero attached hydrogens (tertiary/aromatic N) is 9. The lowest BCUT2D eigenvalue weighted by Crippen LogP contribution is -1.98. The van der Waals surface area contributed by atoms with Crippen LogP contribution < -0.4 is 0 Å². The van der Waals surface area contributed by atoms with Crippen molar-refractivity contribution < 1.29 is 0 Å². The monoisotopic (exact) mass is 1640 g/mol. The molecule has 0 fully saturated rings. The first-order chi connectivity index (χ1) is 64.0. The normalized spacial score (nSPS) is 11.7. The third-order valence-corrected chi connectivity index (χ3v) is 26.1. The quantitative estimate of drug-likeness (QED) is 0.134. The van der Waals surface area contributed by atoms with E-state index in [-0.39, 0.29) is 0 Å². The Morgan fingerprint density at radius 1 is 0.132 bits per heavy atom. The van der Waals surface area contributed by atoms with E-state index in [0.717, 1.165) is 71.1 Å². The van der Waals surface area contributed by atoms with Gasteiger partial charge in [-0.2, -0.15) is 0 Å². The maximum absolute atomic E-state index is 4.75. The van der Waals surface area contributed by atoms with Crippen molar-refractivity contribution in [1.82, 2.24) is 43.6 Å². The highest BCUT2D eigenvalue weighted by atomic mass is 15.0. The zero-order valence-electron chi connectivity index (χ0n) is 69.8. The molecule has 0 aliphatic carbocycles. The summed E-state index contributed by atoms with van der Waals surface area (Å²) < 4.78 is 7.19. The highest BCUT2D eigenvalue weighted by Crippen LogP contribution is 2.46. The van der Waals surface area contributed by atoms with Crippen molar-refractivity contribution in [3.8, 4) is 83.8 Å². The largest absolute Gasteiger partial charge is 0.309 e. The minimum Gasteiger partial charge on any atom is -0.309 e. The van der Waals surface area contributed by atoms with Crippen molar-refractivity contribution >= 4 is 163 Å². The summed E-state index contributed by atoms with van der Waals surface area (Å²) in [6.07, 6.45) is 10.7. The van der Waals surface area contributed by atoms with E-state index in [1.807, 2.05) is 0 Å². The van der Waals surface area contributed by atoms with Gasteiger partial charge in [0.05, 0.1) is 77.6 Å². The second kappa shape index (κ2) is 30.8. The van der Waals surface area contributed by atoms with Gasteiger partial charge in [0.25, 0.3) is 0 Å². The molecular formula is C120H75N9. The van der Waals surface area contributed by atoms with Crippen LogP contribution in [0.25, 0.3) is 247 Å². The van der Waals surface area contributed by atoms with Gasteiger partial charge in [-0.25, -0.2) is 0 Å². The lowest BCUT2D eigenvalue weighted by atomic mass is 9.91. The highest BCUT2D eigenvalue weighted by molar-refractivity contribution is 6.27. The summed E-state index contributed by atoms with van der Waals surface area (Å²) in [5.74, 6) is 0. The molecule has 6 heterocycles. The Balaban J connectivity index is 0.000000105. The fourth-order valence-corrected chi connectivity index (χ4v) is 20.3. The van der Waals surface area contributed by atoms with Gasteiger partial charge in [0.15, 0.2) is 0 Å². The van der Waals surface area contributed by atoms with Crippen molar-refractivity contribution in [3.63, 3.8) is 0 Å². The van der Waals surface area contributed by atoms with Crippen LogP contribution in [0.15, 0.2) is 456 Å². The Morgan fingerprint density at radius 3 is 0.791 bits per heavy atom. The first kappa shape index (κ1) is 74.2. The van der Waals surface area contributed by atoms with Gasteiger partial charge in [-0.3, -0.25) is 29.9 Å². The summed E-state index contributed by atoms with van der Waals surface area (Å²) in [5.41, 5.74) is 30.7. The Hall–Kier alpha value is -17.4. The van der Waals surface area contributed by atoms with E-state index in [1.165, 1.54) is 176 Å². The van der Waals surface area contributed by atoms with Crippen LogP contribution in [0.2, 0.25) is 0 Å². The van der Waals surface area contributed by atoms with Gasteiger partial charge in [0, 0.05) is 119 Å². The molecule has 0 saturated carbocycles. The topological polar surface area (TPSA) is 92.1 Å². The van der Waals surface area contributed by atoms with E-state index in [4.69, 9.17) is 19.9 Å². The smallest absolute Gasteiger partial charge is 0.0971 e. The van der Waals surface area contributed by atoms with Gasteiger partial charge in [-0.15, -0.1) is 0 Å². The molecule has 9 heteroatoms. The molecule has 6 aromatic heterocycles. The minimum absolute atomic E-state index is 0.938. The molecule has 129 heavy (non-hydrogen) atoms. The second-order valence-corrected chi connectivity index (χ2v) is 33.1. The molecule has 0 atom stereocenters. The van der Waals surface area contributed by atoms with E-state index in [0.29, 0.717) is 0 Å². The fraction of sp³-hybridized carbons (Fsp3) is 0. The maximum atomic E-state index is 4.75. The standard InChI is InChI=1S/3C40H25N3/c1-2-13-33-30(10-1)35-25-28(21-22-34(35)40-39(33)41-23-24-42-40)26-17-19-27(20-18-26)29-9-3-6-14-36(29)43-37-15-7-4-11-31(37)32-12-5-8-16-38(32)43;1-2-16-34-31(13-1)36-25-29(19-20-35(36)40-39(34)41-21-22-42-40)27-10-7-9-26(23-27)28-11-8-12-30(24-28)43-37-17-5-3-14-32(37)33-15-4-6-18-38(33)43;1-2-12-28(30-14-5-8-18-36(30)43-37-19-9-6-15-31(37)32-16-7-10-20-38(32)43)27(11-1)26-21-22-34-35(25-26)29-13-3-4-17-33(29)39-40(34)42-24-23-41-39/h3*1-25H. The minimum atomic E-state index is 0.938. The van der Waals surface area contributed by atoms with Crippen molar-refractivity contribution in [1.29, 1.82) is 0 Å². The average molecular weight is 1640 g/mol.